The first kappa shape index (κ1) is 22.5. The van der Waals surface area contributed by atoms with Crippen molar-refractivity contribution in [1.29, 1.82) is 0 Å². The summed E-state index contributed by atoms with van der Waals surface area (Å²) in [7, 11) is -3.41. The van der Waals surface area contributed by atoms with E-state index in [-0.39, 0.29) is 0 Å². The summed E-state index contributed by atoms with van der Waals surface area (Å²) < 4.78 is 45.0. The highest BCUT2D eigenvalue weighted by atomic mass is 28.5. The lowest BCUT2D eigenvalue weighted by molar-refractivity contribution is 0.101. The Bertz CT molecular complexity index is 337. The van der Waals surface area contributed by atoms with Crippen LogP contribution in [-0.4, -0.2) is 70.5 Å². The molecule has 0 aliphatic heterocycles. The van der Waals surface area contributed by atoms with E-state index in [2.05, 4.69) is 0 Å². The topological polar surface area (TPSA) is 73.8 Å². The predicted molar refractivity (Wildman–Crippen MR) is 90.6 cm³/mol. The van der Waals surface area contributed by atoms with E-state index in [1.807, 2.05) is 13.1 Å². The molecule has 0 amide bonds. The van der Waals surface area contributed by atoms with E-state index in [1.54, 1.807) is 55.2 Å². The SMILES string of the molecule is CO[Si](C)(OC)O[Si](C)(C)O[Si](C)(OC)O[Si](C)(OC)OC. The van der Waals surface area contributed by atoms with Gasteiger partial charge in [-0.15, -0.1) is 0 Å². The second-order valence-electron chi connectivity index (χ2n) is 5.31. The lowest BCUT2D eigenvalue weighted by Gasteiger charge is -2.39. The van der Waals surface area contributed by atoms with Crippen LogP contribution in [0, 0.1) is 0 Å². The first-order valence-corrected chi connectivity index (χ1v) is 16.3. The molecule has 0 aliphatic rings. The van der Waals surface area contributed by atoms with Gasteiger partial charge >= 0.3 is 35.0 Å². The predicted octanol–water partition coefficient (Wildman–Crippen LogP) is 1.68. The molecule has 0 spiro atoms. The van der Waals surface area contributed by atoms with E-state index in [9.17, 15) is 0 Å². The summed E-state index contributed by atoms with van der Waals surface area (Å²) >= 11 is 0. The van der Waals surface area contributed by atoms with Gasteiger partial charge in [0.1, 0.15) is 0 Å². The van der Waals surface area contributed by atoms with Crippen LogP contribution in [0.2, 0.25) is 32.7 Å². The zero-order chi connectivity index (χ0) is 17.7. The average Bonchev–Trinajstić information content (AvgIpc) is 2.45. The van der Waals surface area contributed by atoms with Crippen LogP contribution in [0.15, 0.2) is 0 Å². The third-order valence-electron chi connectivity index (χ3n) is 3.09. The number of hydrogen-bond acceptors (Lipinski definition) is 8. The van der Waals surface area contributed by atoms with E-state index < -0.39 is 35.0 Å². The maximum absolute atomic E-state index is 6.13. The van der Waals surface area contributed by atoms with Crippen molar-refractivity contribution in [3.8, 4) is 0 Å². The van der Waals surface area contributed by atoms with E-state index in [4.69, 9.17) is 34.5 Å². The second-order valence-corrected chi connectivity index (χ2v) is 17.8. The molecule has 0 aliphatic carbocycles. The quantitative estimate of drug-likeness (QED) is 0.493. The summed E-state index contributed by atoms with van der Waals surface area (Å²) in [6, 6.07) is 0. The van der Waals surface area contributed by atoms with Gasteiger partial charge in [-0.05, 0) is 13.1 Å². The summed E-state index contributed by atoms with van der Waals surface area (Å²) in [5.41, 5.74) is 0. The summed E-state index contributed by atoms with van der Waals surface area (Å²) in [4.78, 5) is 0. The van der Waals surface area contributed by atoms with Gasteiger partial charge < -0.3 is 34.5 Å². The van der Waals surface area contributed by atoms with Gasteiger partial charge in [-0.2, -0.15) is 0 Å². The van der Waals surface area contributed by atoms with Gasteiger partial charge in [0.15, 0.2) is 0 Å². The van der Waals surface area contributed by atoms with Gasteiger partial charge in [-0.25, -0.2) is 0 Å². The molecule has 0 aromatic carbocycles. The summed E-state index contributed by atoms with van der Waals surface area (Å²) in [5, 5.41) is 0. The van der Waals surface area contributed by atoms with Gasteiger partial charge in [0.25, 0.3) is 0 Å². The van der Waals surface area contributed by atoms with Gasteiger partial charge in [0.2, 0.25) is 0 Å². The zero-order valence-electron chi connectivity index (χ0n) is 15.3. The number of rotatable bonds is 11. The van der Waals surface area contributed by atoms with Crippen molar-refractivity contribution in [3.05, 3.63) is 0 Å². The summed E-state index contributed by atoms with van der Waals surface area (Å²) in [5.74, 6) is 0. The van der Waals surface area contributed by atoms with Crippen molar-refractivity contribution in [2.75, 3.05) is 35.5 Å². The Morgan fingerprint density at radius 2 is 0.682 bits per heavy atom. The van der Waals surface area contributed by atoms with Gasteiger partial charge in [-0.1, -0.05) is 0 Å². The van der Waals surface area contributed by atoms with Crippen LogP contribution in [0.4, 0.5) is 0 Å². The molecular weight excluding hydrogens is 360 g/mol. The normalized spacial score (nSPS) is 16.6. The summed E-state index contributed by atoms with van der Waals surface area (Å²) in [6.45, 7) is 9.15. The van der Waals surface area contributed by atoms with Crippen molar-refractivity contribution in [2.24, 2.45) is 0 Å². The Morgan fingerprint density at radius 3 is 1.00 bits per heavy atom. The van der Waals surface area contributed by atoms with Crippen molar-refractivity contribution in [3.63, 3.8) is 0 Å². The maximum atomic E-state index is 6.13. The molecular formula is C10H30O8Si4. The molecule has 0 aromatic rings. The Morgan fingerprint density at radius 1 is 0.409 bits per heavy atom. The standard InChI is InChI=1S/C10H30O8Si4/c1-11-20(8,12-2)16-19(6,7)17-22(10,15-5)18-21(9,13-3)14-4/h1-10H3. The zero-order valence-corrected chi connectivity index (χ0v) is 19.3. The first-order valence-electron chi connectivity index (χ1n) is 6.79. The fraction of sp³-hybridized carbons (Fsp3) is 1.00. The monoisotopic (exact) mass is 390 g/mol. The molecule has 0 bridgehead atoms. The van der Waals surface area contributed by atoms with Crippen LogP contribution < -0.4 is 0 Å². The average molecular weight is 391 g/mol. The van der Waals surface area contributed by atoms with Crippen molar-refractivity contribution in [1.82, 2.24) is 0 Å². The van der Waals surface area contributed by atoms with Gasteiger partial charge in [0, 0.05) is 55.2 Å². The molecule has 8 nitrogen and oxygen atoms in total. The Labute approximate surface area is 138 Å². The Kier molecular flexibility index (Phi) is 8.80. The third kappa shape index (κ3) is 6.98. The fourth-order valence-electron chi connectivity index (χ4n) is 1.69. The van der Waals surface area contributed by atoms with E-state index in [1.165, 1.54) is 0 Å². The molecule has 22 heavy (non-hydrogen) atoms. The minimum atomic E-state index is -3.00. The smallest absolute Gasteiger partial charge is 0.394 e. The molecule has 1 atom stereocenters. The van der Waals surface area contributed by atoms with Gasteiger partial charge in [-0.3, -0.25) is 0 Å². The van der Waals surface area contributed by atoms with Crippen molar-refractivity contribution < 1.29 is 34.5 Å². The highest BCUT2D eigenvalue weighted by Gasteiger charge is 2.52. The minimum absolute atomic E-state index is 1.54. The molecule has 0 fully saturated rings. The largest absolute Gasteiger partial charge is 0.489 e. The molecule has 134 valence electrons. The van der Waals surface area contributed by atoms with E-state index in [0.29, 0.717) is 0 Å². The van der Waals surface area contributed by atoms with Crippen molar-refractivity contribution in [2.45, 2.75) is 32.7 Å². The molecule has 0 rings (SSSR count). The molecule has 0 saturated carbocycles. The molecule has 0 aromatic heterocycles. The highest BCUT2D eigenvalue weighted by Crippen LogP contribution is 2.25. The molecule has 0 heterocycles. The van der Waals surface area contributed by atoms with Gasteiger partial charge in [0.05, 0.1) is 0 Å². The molecule has 0 saturated heterocycles. The molecule has 12 heteroatoms. The molecule has 0 N–H and O–H groups in total. The lowest BCUT2D eigenvalue weighted by Crippen LogP contribution is -2.61. The highest BCUT2D eigenvalue weighted by molar-refractivity contribution is 6.84. The summed E-state index contributed by atoms with van der Waals surface area (Å²) in [6.07, 6.45) is 0. The lowest BCUT2D eigenvalue weighted by atomic mass is 11.8. The van der Waals surface area contributed by atoms with E-state index in [0.717, 1.165) is 0 Å². The van der Waals surface area contributed by atoms with Crippen LogP contribution in [0.5, 0.6) is 0 Å². The fourth-order valence-corrected chi connectivity index (χ4v) is 14.9. The third-order valence-corrected chi connectivity index (χ3v) is 16.7. The van der Waals surface area contributed by atoms with Crippen LogP contribution >= 0.6 is 0 Å². The van der Waals surface area contributed by atoms with Crippen LogP contribution in [-0.2, 0) is 34.5 Å². The van der Waals surface area contributed by atoms with Crippen LogP contribution in [0.25, 0.3) is 0 Å². The molecule has 1 unspecified atom stereocenters. The van der Waals surface area contributed by atoms with E-state index >= 15 is 0 Å². The van der Waals surface area contributed by atoms with Crippen LogP contribution in [0.1, 0.15) is 0 Å². The Balaban J connectivity index is 5.11. The van der Waals surface area contributed by atoms with Crippen LogP contribution in [0.3, 0.4) is 0 Å². The maximum Gasteiger partial charge on any atom is 0.489 e. The first-order chi connectivity index (χ1) is 9.92. The minimum Gasteiger partial charge on any atom is -0.394 e. The molecule has 0 radical (unpaired) electrons. The van der Waals surface area contributed by atoms with Crippen molar-refractivity contribution >= 4 is 35.0 Å². The Hall–Kier alpha value is 0.548. The number of hydrogen-bond donors (Lipinski definition) is 0. The second kappa shape index (κ2) is 8.59.